The van der Waals surface area contributed by atoms with Crippen LogP contribution >= 0.6 is 0 Å². The highest BCUT2D eigenvalue weighted by atomic mass is 15.3. The van der Waals surface area contributed by atoms with Crippen molar-refractivity contribution in [3.63, 3.8) is 0 Å². The van der Waals surface area contributed by atoms with E-state index in [4.69, 9.17) is 5.73 Å². The summed E-state index contributed by atoms with van der Waals surface area (Å²) in [5.74, 6) is 0. The van der Waals surface area contributed by atoms with E-state index in [2.05, 4.69) is 18.9 Å². The summed E-state index contributed by atoms with van der Waals surface area (Å²) in [5, 5.41) is 4.14. The molecule has 0 spiro atoms. The predicted molar refractivity (Wildman–Crippen MR) is 45.1 cm³/mol. The standard InChI is InChI=1S/C8H15N3/c1-3-7(9)8-5-6-10-11(8)4-2/h5-7H,3-4,9H2,1-2H3. The van der Waals surface area contributed by atoms with Crippen molar-refractivity contribution in [1.29, 1.82) is 0 Å². The van der Waals surface area contributed by atoms with Gasteiger partial charge in [0.15, 0.2) is 0 Å². The van der Waals surface area contributed by atoms with Crippen LogP contribution in [-0.2, 0) is 6.54 Å². The minimum Gasteiger partial charge on any atom is -0.323 e. The molecule has 1 aromatic rings. The fourth-order valence-electron chi connectivity index (χ4n) is 1.13. The second-order valence-corrected chi connectivity index (χ2v) is 2.59. The Kier molecular flexibility index (Phi) is 2.65. The van der Waals surface area contributed by atoms with Gasteiger partial charge in [0, 0.05) is 18.8 Å². The molecule has 62 valence electrons. The largest absolute Gasteiger partial charge is 0.323 e. The number of hydrogen-bond donors (Lipinski definition) is 1. The minimum atomic E-state index is 0.137. The molecule has 0 saturated heterocycles. The lowest BCUT2D eigenvalue weighted by Crippen LogP contribution is -2.14. The van der Waals surface area contributed by atoms with Gasteiger partial charge in [-0.25, -0.2) is 0 Å². The first-order valence-corrected chi connectivity index (χ1v) is 4.06. The predicted octanol–water partition coefficient (Wildman–Crippen LogP) is 1.31. The molecule has 0 bridgehead atoms. The Morgan fingerprint density at radius 3 is 2.91 bits per heavy atom. The smallest absolute Gasteiger partial charge is 0.0551 e. The molecule has 1 heterocycles. The van der Waals surface area contributed by atoms with E-state index >= 15 is 0 Å². The molecule has 0 fully saturated rings. The Bertz CT molecular complexity index is 217. The summed E-state index contributed by atoms with van der Waals surface area (Å²) in [6.07, 6.45) is 2.76. The first-order valence-electron chi connectivity index (χ1n) is 4.06. The van der Waals surface area contributed by atoms with Gasteiger partial charge in [0.1, 0.15) is 0 Å². The van der Waals surface area contributed by atoms with Crippen LogP contribution in [0.1, 0.15) is 32.0 Å². The third-order valence-electron chi connectivity index (χ3n) is 1.87. The molecule has 1 unspecified atom stereocenters. The van der Waals surface area contributed by atoms with Crippen molar-refractivity contribution < 1.29 is 0 Å². The Balaban J connectivity index is 2.83. The topological polar surface area (TPSA) is 43.8 Å². The molecular formula is C8H15N3. The highest BCUT2D eigenvalue weighted by molar-refractivity contribution is 5.05. The van der Waals surface area contributed by atoms with E-state index in [-0.39, 0.29) is 6.04 Å². The van der Waals surface area contributed by atoms with Crippen molar-refractivity contribution in [1.82, 2.24) is 9.78 Å². The lowest BCUT2D eigenvalue weighted by molar-refractivity contribution is 0.561. The van der Waals surface area contributed by atoms with Crippen molar-refractivity contribution in [3.8, 4) is 0 Å². The van der Waals surface area contributed by atoms with Crippen molar-refractivity contribution in [3.05, 3.63) is 18.0 Å². The van der Waals surface area contributed by atoms with Crippen molar-refractivity contribution in [2.24, 2.45) is 5.73 Å². The average Bonchev–Trinajstić information content (AvgIpc) is 2.50. The third-order valence-corrected chi connectivity index (χ3v) is 1.87. The molecule has 3 nitrogen and oxygen atoms in total. The van der Waals surface area contributed by atoms with Crippen LogP contribution in [0.25, 0.3) is 0 Å². The highest BCUT2D eigenvalue weighted by Gasteiger charge is 2.07. The summed E-state index contributed by atoms with van der Waals surface area (Å²) in [6.45, 7) is 5.05. The lowest BCUT2D eigenvalue weighted by atomic mass is 10.2. The van der Waals surface area contributed by atoms with Crippen molar-refractivity contribution in [2.45, 2.75) is 32.9 Å². The van der Waals surface area contributed by atoms with Gasteiger partial charge in [0.05, 0.1) is 5.69 Å². The Morgan fingerprint density at radius 1 is 1.64 bits per heavy atom. The van der Waals surface area contributed by atoms with Gasteiger partial charge in [-0.3, -0.25) is 4.68 Å². The number of nitrogens with two attached hydrogens (primary N) is 1. The van der Waals surface area contributed by atoms with Crippen LogP contribution in [0.3, 0.4) is 0 Å². The van der Waals surface area contributed by atoms with Crippen LogP contribution in [0.5, 0.6) is 0 Å². The third kappa shape index (κ3) is 1.60. The van der Waals surface area contributed by atoms with E-state index in [1.807, 2.05) is 10.7 Å². The second-order valence-electron chi connectivity index (χ2n) is 2.59. The van der Waals surface area contributed by atoms with Crippen LogP contribution in [0.15, 0.2) is 12.3 Å². The van der Waals surface area contributed by atoms with Gasteiger partial charge in [-0.15, -0.1) is 0 Å². The van der Waals surface area contributed by atoms with E-state index in [1.165, 1.54) is 0 Å². The van der Waals surface area contributed by atoms with Gasteiger partial charge in [-0.05, 0) is 19.4 Å². The van der Waals surface area contributed by atoms with E-state index < -0.39 is 0 Å². The highest BCUT2D eigenvalue weighted by Crippen LogP contribution is 2.11. The van der Waals surface area contributed by atoms with Gasteiger partial charge in [0.25, 0.3) is 0 Å². The minimum absolute atomic E-state index is 0.137. The molecule has 1 aromatic heterocycles. The van der Waals surface area contributed by atoms with Crippen LogP contribution in [0.2, 0.25) is 0 Å². The van der Waals surface area contributed by atoms with E-state index in [9.17, 15) is 0 Å². The first kappa shape index (κ1) is 8.27. The van der Waals surface area contributed by atoms with Gasteiger partial charge in [0.2, 0.25) is 0 Å². The Labute approximate surface area is 67.2 Å². The molecule has 2 N–H and O–H groups in total. The quantitative estimate of drug-likeness (QED) is 0.711. The first-order chi connectivity index (χ1) is 5.29. The molecule has 0 aromatic carbocycles. The van der Waals surface area contributed by atoms with Gasteiger partial charge >= 0.3 is 0 Å². The maximum absolute atomic E-state index is 5.85. The molecule has 0 aliphatic carbocycles. The van der Waals surface area contributed by atoms with Crippen LogP contribution in [-0.4, -0.2) is 9.78 Å². The molecule has 0 amide bonds. The summed E-state index contributed by atoms with van der Waals surface area (Å²) >= 11 is 0. The second kappa shape index (κ2) is 3.53. The summed E-state index contributed by atoms with van der Waals surface area (Å²) in [4.78, 5) is 0. The van der Waals surface area contributed by atoms with Crippen molar-refractivity contribution in [2.75, 3.05) is 0 Å². The summed E-state index contributed by atoms with van der Waals surface area (Å²) in [6, 6.07) is 2.12. The Morgan fingerprint density at radius 2 is 2.36 bits per heavy atom. The summed E-state index contributed by atoms with van der Waals surface area (Å²) < 4.78 is 1.94. The SMILES string of the molecule is CCC(N)c1ccnn1CC. The fraction of sp³-hybridized carbons (Fsp3) is 0.625. The molecule has 3 heteroatoms. The van der Waals surface area contributed by atoms with Gasteiger partial charge in [-0.2, -0.15) is 5.10 Å². The van der Waals surface area contributed by atoms with E-state index in [1.54, 1.807) is 6.20 Å². The average molecular weight is 153 g/mol. The summed E-state index contributed by atoms with van der Waals surface area (Å²) in [5.41, 5.74) is 6.99. The molecule has 0 radical (unpaired) electrons. The molecule has 0 saturated carbocycles. The molecule has 11 heavy (non-hydrogen) atoms. The van der Waals surface area contributed by atoms with Crippen molar-refractivity contribution >= 4 is 0 Å². The maximum atomic E-state index is 5.85. The fourth-order valence-corrected chi connectivity index (χ4v) is 1.13. The molecular weight excluding hydrogens is 138 g/mol. The zero-order chi connectivity index (χ0) is 8.27. The number of nitrogens with zero attached hydrogens (tertiary/aromatic N) is 2. The lowest BCUT2D eigenvalue weighted by Gasteiger charge is -2.09. The van der Waals surface area contributed by atoms with E-state index in [0.717, 1.165) is 18.7 Å². The maximum Gasteiger partial charge on any atom is 0.0551 e. The van der Waals surface area contributed by atoms with Gasteiger partial charge in [-0.1, -0.05) is 6.92 Å². The van der Waals surface area contributed by atoms with Gasteiger partial charge < -0.3 is 5.73 Å². The number of hydrogen-bond acceptors (Lipinski definition) is 2. The van der Waals surface area contributed by atoms with Crippen LogP contribution < -0.4 is 5.73 Å². The van der Waals surface area contributed by atoms with Crippen LogP contribution in [0.4, 0.5) is 0 Å². The number of aryl methyl sites for hydroxylation is 1. The number of rotatable bonds is 3. The van der Waals surface area contributed by atoms with E-state index in [0.29, 0.717) is 0 Å². The van der Waals surface area contributed by atoms with Crippen LogP contribution in [0, 0.1) is 0 Å². The zero-order valence-electron chi connectivity index (χ0n) is 7.12. The molecule has 1 atom stereocenters. The molecule has 1 rings (SSSR count). The summed E-state index contributed by atoms with van der Waals surface area (Å²) in [7, 11) is 0. The zero-order valence-corrected chi connectivity index (χ0v) is 7.12. The Hall–Kier alpha value is -0.830. The molecule has 0 aliphatic heterocycles. The number of aromatic nitrogens is 2. The normalized spacial score (nSPS) is 13.4. The monoisotopic (exact) mass is 153 g/mol. The molecule has 0 aliphatic rings.